The van der Waals surface area contributed by atoms with Crippen LogP contribution in [-0.2, 0) is 0 Å². The first-order valence-corrected chi connectivity index (χ1v) is 10.5. The Morgan fingerprint density at radius 2 is 1.24 bits per heavy atom. The molecule has 0 rings (SSSR count). The number of nitrogens with zero attached hydrogens (tertiary/aromatic N) is 2. The SMILES string of the molecule is CCCCN(CCC)C(CC=C[SiH3])N(CCC)CCCC. The average molecular weight is 313 g/mol. The minimum atomic E-state index is 0.619. The lowest BCUT2D eigenvalue weighted by Crippen LogP contribution is -2.49. The van der Waals surface area contributed by atoms with Crippen molar-refractivity contribution in [2.45, 2.75) is 78.8 Å². The van der Waals surface area contributed by atoms with E-state index >= 15 is 0 Å². The van der Waals surface area contributed by atoms with Crippen LogP contribution in [0.5, 0.6) is 0 Å². The molecule has 0 fully saturated rings. The van der Waals surface area contributed by atoms with Gasteiger partial charge in [0.05, 0.1) is 6.17 Å². The van der Waals surface area contributed by atoms with Crippen LogP contribution < -0.4 is 0 Å². The second-order valence-corrected chi connectivity index (χ2v) is 6.73. The van der Waals surface area contributed by atoms with E-state index in [-0.39, 0.29) is 0 Å². The maximum atomic E-state index is 2.75. The van der Waals surface area contributed by atoms with Crippen LogP contribution >= 0.6 is 0 Å². The predicted octanol–water partition coefficient (Wildman–Crippen LogP) is 3.61. The van der Waals surface area contributed by atoms with Crippen LogP contribution in [0.1, 0.15) is 72.6 Å². The summed E-state index contributed by atoms with van der Waals surface area (Å²) in [5, 5.41) is 0. The molecule has 0 aromatic carbocycles. The van der Waals surface area contributed by atoms with E-state index in [0.717, 1.165) is 0 Å². The summed E-state index contributed by atoms with van der Waals surface area (Å²) in [5.41, 5.74) is 2.35. The first kappa shape index (κ1) is 20.9. The molecule has 3 heteroatoms. The molecule has 0 spiro atoms. The average Bonchev–Trinajstić information content (AvgIpc) is 2.50. The molecule has 0 atom stereocenters. The zero-order valence-corrected chi connectivity index (χ0v) is 17.4. The number of unbranched alkanes of at least 4 members (excludes halogenated alkanes) is 2. The lowest BCUT2D eigenvalue weighted by Gasteiger charge is -2.39. The van der Waals surface area contributed by atoms with E-state index in [0.29, 0.717) is 6.17 Å². The van der Waals surface area contributed by atoms with Crippen LogP contribution in [0.4, 0.5) is 0 Å². The molecule has 0 saturated heterocycles. The molecule has 0 bridgehead atoms. The topological polar surface area (TPSA) is 6.48 Å². The predicted molar refractivity (Wildman–Crippen MR) is 101 cm³/mol. The maximum Gasteiger partial charge on any atom is 0.0657 e. The molecular formula is C18H40N2Si. The molecule has 0 aliphatic heterocycles. The van der Waals surface area contributed by atoms with E-state index in [1.807, 2.05) is 0 Å². The highest BCUT2D eigenvalue weighted by molar-refractivity contribution is 6.16. The van der Waals surface area contributed by atoms with Crippen molar-refractivity contribution in [3.05, 3.63) is 11.8 Å². The van der Waals surface area contributed by atoms with Crippen LogP contribution in [0, 0.1) is 0 Å². The van der Waals surface area contributed by atoms with E-state index < -0.39 is 0 Å². The van der Waals surface area contributed by atoms with Gasteiger partial charge in [0, 0.05) is 10.2 Å². The highest BCUT2D eigenvalue weighted by Gasteiger charge is 2.22. The van der Waals surface area contributed by atoms with Crippen molar-refractivity contribution in [1.29, 1.82) is 0 Å². The van der Waals surface area contributed by atoms with Crippen LogP contribution in [0.2, 0.25) is 0 Å². The quantitative estimate of drug-likeness (QED) is 0.357. The Morgan fingerprint density at radius 3 is 1.57 bits per heavy atom. The summed E-state index contributed by atoms with van der Waals surface area (Å²) in [6.45, 7) is 14.2. The molecule has 0 amide bonds. The van der Waals surface area contributed by atoms with Gasteiger partial charge < -0.3 is 0 Å². The Kier molecular flexibility index (Phi) is 14.7. The number of hydrogen-bond donors (Lipinski definition) is 0. The third-order valence-corrected chi connectivity index (χ3v) is 4.52. The zero-order valence-electron chi connectivity index (χ0n) is 15.4. The summed E-state index contributed by atoms with van der Waals surface area (Å²) in [5.74, 6) is 0. The van der Waals surface area contributed by atoms with Gasteiger partial charge in [-0.2, -0.15) is 0 Å². The lowest BCUT2D eigenvalue weighted by atomic mass is 10.2. The molecular weight excluding hydrogens is 272 g/mol. The van der Waals surface area contributed by atoms with E-state index in [2.05, 4.69) is 49.3 Å². The van der Waals surface area contributed by atoms with Crippen molar-refractivity contribution in [2.75, 3.05) is 26.2 Å². The Balaban J connectivity index is 4.93. The van der Waals surface area contributed by atoms with E-state index in [1.165, 1.54) is 81.4 Å². The van der Waals surface area contributed by atoms with Gasteiger partial charge in [-0.15, -0.1) is 5.70 Å². The van der Waals surface area contributed by atoms with Crippen LogP contribution in [0.15, 0.2) is 11.8 Å². The van der Waals surface area contributed by atoms with Gasteiger partial charge in [-0.25, -0.2) is 0 Å². The number of hydrogen-bond acceptors (Lipinski definition) is 2. The van der Waals surface area contributed by atoms with Crippen LogP contribution in [0.3, 0.4) is 0 Å². The van der Waals surface area contributed by atoms with Gasteiger partial charge >= 0.3 is 0 Å². The Hall–Kier alpha value is -0.123. The molecule has 0 aromatic rings. The van der Waals surface area contributed by atoms with Gasteiger partial charge in [0.2, 0.25) is 0 Å². The van der Waals surface area contributed by atoms with Crippen molar-refractivity contribution in [2.24, 2.45) is 0 Å². The second kappa shape index (κ2) is 14.8. The summed E-state index contributed by atoms with van der Waals surface area (Å²) >= 11 is 0. The zero-order chi connectivity index (χ0) is 15.9. The molecule has 21 heavy (non-hydrogen) atoms. The molecule has 0 aromatic heterocycles. The molecule has 0 radical (unpaired) electrons. The van der Waals surface area contributed by atoms with E-state index in [4.69, 9.17) is 0 Å². The first-order chi connectivity index (χ1) is 10.2. The third kappa shape index (κ3) is 9.49. The molecule has 2 nitrogen and oxygen atoms in total. The fourth-order valence-corrected chi connectivity index (χ4v) is 3.18. The Bertz CT molecular complexity index is 225. The standard InChI is InChI=1S/C18H40N2Si/c1-5-9-15-19(13-7-3)18(12-11-17-21)20(14-8-4)16-10-6-2/h11,17-18H,5-10,12-16H2,1-4,21H3. The van der Waals surface area contributed by atoms with Crippen LogP contribution in [-0.4, -0.2) is 52.4 Å². The third-order valence-electron chi connectivity index (χ3n) is 4.05. The van der Waals surface area contributed by atoms with E-state index in [9.17, 15) is 0 Å². The summed E-state index contributed by atoms with van der Waals surface area (Å²) in [6.07, 6.45) is 12.0. The first-order valence-electron chi connectivity index (χ1n) is 9.34. The molecule has 0 unspecified atom stereocenters. The smallest absolute Gasteiger partial charge is 0.0657 e. The highest BCUT2D eigenvalue weighted by Crippen LogP contribution is 2.15. The fourth-order valence-electron chi connectivity index (χ4n) is 2.90. The summed E-state index contributed by atoms with van der Waals surface area (Å²) in [6, 6.07) is 0. The summed E-state index contributed by atoms with van der Waals surface area (Å²) in [4.78, 5) is 5.49. The van der Waals surface area contributed by atoms with Gasteiger partial charge in [0.25, 0.3) is 0 Å². The summed E-state index contributed by atoms with van der Waals surface area (Å²) < 4.78 is 0. The lowest BCUT2D eigenvalue weighted by molar-refractivity contribution is 0.0409. The minimum absolute atomic E-state index is 0.619. The van der Waals surface area contributed by atoms with Crippen molar-refractivity contribution < 1.29 is 0 Å². The van der Waals surface area contributed by atoms with Gasteiger partial charge in [-0.3, -0.25) is 9.80 Å². The van der Waals surface area contributed by atoms with Gasteiger partial charge in [-0.05, 0) is 58.3 Å². The minimum Gasteiger partial charge on any atom is -0.288 e. The van der Waals surface area contributed by atoms with Crippen molar-refractivity contribution >= 4 is 10.2 Å². The Labute approximate surface area is 137 Å². The monoisotopic (exact) mass is 312 g/mol. The molecule has 0 N–H and O–H groups in total. The van der Waals surface area contributed by atoms with Gasteiger partial charge in [0.1, 0.15) is 0 Å². The van der Waals surface area contributed by atoms with Gasteiger partial charge in [0.15, 0.2) is 0 Å². The molecule has 0 heterocycles. The fraction of sp³-hybridized carbons (Fsp3) is 0.889. The maximum absolute atomic E-state index is 2.75. The van der Waals surface area contributed by atoms with Crippen molar-refractivity contribution in [3.8, 4) is 0 Å². The Morgan fingerprint density at radius 1 is 0.762 bits per heavy atom. The van der Waals surface area contributed by atoms with Crippen LogP contribution in [0.25, 0.3) is 0 Å². The van der Waals surface area contributed by atoms with E-state index in [1.54, 1.807) is 0 Å². The summed E-state index contributed by atoms with van der Waals surface area (Å²) in [7, 11) is 1.18. The molecule has 0 saturated carbocycles. The van der Waals surface area contributed by atoms with Gasteiger partial charge in [-0.1, -0.05) is 46.6 Å². The van der Waals surface area contributed by atoms with Crippen molar-refractivity contribution in [3.63, 3.8) is 0 Å². The normalized spacial score (nSPS) is 12.5. The second-order valence-electron chi connectivity index (χ2n) is 6.06. The highest BCUT2D eigenvalue weighted by atomic mass is 28.1. The number of rotatable bonds is 14. The molecule has 0 aliphatic rings. The largest absolute Gasteiger partial charge is 0.288 e. The molecule has 0 aliphatic carbocycles. The molecule has 126 valence electrons. The van der Waals surface area contributed by atoms with Crippen molar-refractivity contribution in [1.82, 2.24) is 9.80 Å².